The Morgan fingerprint density at radius 3 is 2.31 bits per heavy atom. The highest BCUT2D eigenvalue weighted by atomic mass is 35.5. The van der Waals surface area contributed by atoms with Crippen molar-refractivity contribution in [1.29, 1.82) is 0 Å². The maximum Gasteiger partial charge on any atom is 0.282 e. The zero-order chi connectivity index (χ0) is 9.78. The minimum Gasteiger partial charge on any atom is -1.00 e. The third-order valence-electron chi connectivity index (χ3n) is 1.11. The zero-order valence-corrected chi connectivity index (χ0v) is 10.4. The molecule has 0 bridgehead atoms. The van der Waals surface area contributed by atoms with Gasteiger partial charge in [0.15, 0.2) is 5.16 Å². The summed E-state index contributed by atoms with van der Waals surface area (Å²) >= 11 is 17.1. The molecule has 2 nitrogen and oxygen atoms in total. The average molecular weight is 266 g/mol. The van der Waals surface area contributed by atoms with Crippen molar-refractivity contribution in [3.05, 3.63) is 11.2 Å². The first kappa shape index (κ1) is 15.8. The van der Waals surface area contributed by atoms with Gasteiger partial charge in [-0.2, -0.15) is 0 Å². The molecule has 6 heteroatoms. The highest BCUT2D eigenvalue weighted by Crippen LogP contribution is 2.16. The van der Waals surface area contributed by atoms with Gasteiger partial charge in [-0.15, -0.1) is 0 Å². The van der Waals surface area contributed by atoms with Crippen LogP contribution >= 0.6 is 34.8 Å². The molecule has 3 N–H and O–H groups in total. The lowest BCUT2D eigenvalue weighted by molar-refractivity contribution is -0.386. The molecule has 0 aromatic carbocycles. The summed E-state index contributed by atoms with van der Waals surface area (Å²) in [5.41, 5.74) is 5.50. The second-order valence-corrected chi connectivity index (χ2v) is 4.50. The second kappa shape index (κ2) is 6.77. The van der Waals surface area contributed by atoms with E-state index in [1.54, 1.807) is 13.0 Å². The number of amidine groups is 1. The number of allylic oxidation sites excluding steroid dienone is 1. The summed E-state index contributed by atoms with van der Waals surface area (Å²) in [5.74, 6) is 0.223. The van der Waals surface area contributed by atoms with Crippen LogP contribution in [0.3, 0.4) is 0 Å². The van der Waals surface area contributed by atoms with E-state index >= 15 is 0 Å². The number of hydrogen-bond donors (Lipinski definition) is 2. The summed E-state index contributed by atoms with van der Waals surface area (Å²) in [7, 11) is 0. The van der Waals surface area contributed by atoms with E-state index in [9.17, 15) is 0 Å². The van der Waals surface area contributed by atoms with Gasteiger partial charge in [0.1, 0.15) is 0 Å². The van der Waals surface area contributed by atoms with Gasteiger partial charge in [0.25, 0.3) is 5.84 Å². The molecule has 0 saturated heterocycles. The normalized spacial score (nSPS) is 13.9. The predicted molar refractivity (Wildman–Crippen MR) is 54.5 cm³/mol. The summed E-state index contributed by atoms with van der Waals surface area (Å²) in [5, 5.41) is 0.433. The quantitative estimate of drug-likeness (QED) is 0.267. The van der Waals surface area contributed by atoms with E-state index in [0.29, 0.717) is 5.16 Å². The van der Waals surface area contributed by atoms with E-state index < -0.39 is 4.33 Å². The highest BCUT2D eigenvalue weighted by molar-refractivity contribution is 6.57. The summed E-state index contributed by atoms with van der Waals surface area (Å²) in [4.78, 5) is 2.68. The molecule has 0 radical (unpaired) electrons. The van der Waals surface area contributed by atoms with Crippen molar-refractivity contribution in [2.24, 2.45) is 5.73 Å². The van der Waals surface area contributed by atoms with Crippen LogP contribution in [0.25, 0.3) is 0 Å². The second-order valence-electron chi connectivity index (χ2n) is 2.39. The molecule has 0 aliphatic rings. The van der Waals surface area contributed by atoms with E-state index in [4.69, 9.17) is 40.5 Å². The Morgan fingerprint density at radius 1 is 1.54 bits per heavy atom. The van der Waals surface area contributed by atoms with Crippen LogP contribution < -0.4 is 23.1 Å². The summed E-state index contributed by atoms with van der Waals surface area (Å²) in [6.07, 6.45) is 2.59. The molecule has 0 aromatic rings. The molecule has 0 rings (SSSR count). The number of hydrogen-bond acceptors (Lipinski definition) is 0. The Balaban J connectivity index is 0. The van der Waals surface area contributed by atoms with Gasteiger partial charge in [-0.1, -0.05) is 30.1 Å². The molecule has 0 spiro atoms. The fourth-order valence-corrected chi connectivity index (χ4v) is 0.819. The molecule has 0 heterocycles. The molecule has 0 atom stereocenters. The molecule has 0 aliphatic heterocycles. The van der Waals surface area contributed by atoms with Gasteiger partial charge >= 0.3 is 0 Å². The van der Waals surface area contributed by atoms with Crippen molar-refractivity contribution in [2.45, 2.75) is 24.6 Å². The van der Waals surface area contributed by atoms with Crippen LogP contribution in [0.15, 0.2) is 11.2 Å². The van der Waals surface area contributed by atoms with Crippen LogP contribution in [0.1, 0.15) is 20.3 Å². The van der Waals surface area contributed by atoms with Gasteiger partial charge in [-0.3, -0.25) is 5.73 Å². The maximum absolute atomic E-state index is 5.71. The number of nitrogens with two attached hydrogens (primary N) is 1. The van der Waals surface area contributed by atoms with Crippen LogP contribution in [-0.4, -0.2) is 10.2 Å². The Bertz CT molecular complexity index is 205. The van der Waals surface area contributed by atoms with Gasteiger partial charge in [0.05, 0.1) is 0 Å². The Labute approximate surface area is 99.5 Å². The van der Waals surface area contributed by atoms with E-state index in [1.807, 2.05) is 6.92 Å². The Morgan fingerprint density at radius 2 is 2.00 bits per heavy atom. The zero-order valence-electron chi connectivity index (χ0n) is 7.37. The molecule has 0 fully saturated rings. The molecule has 0 unspecified atom stereocenters. The van der Waals surface area contributed by atoms with Crippen LogP contribution in [0, 0.1) is 0 Å². The molecule has 0 saturated carbocycles. The molecule has 13 heavy (non-hydrogen) atoms. The van der Waals surface area contributed by atoms with Gasteiger partial charge < -0.3 is 12.4 Å². The number of rotatable bonds is 3. The van der Waals surface area contributed by atoms with Crippen molar-refractivity contribution < 1.29 is 17.4 Å². The Hall–Kier alpha value is 0.370. The molecule has 0 aromatic heterocycles. The lowest BCUT2D eigenvalue weighted by Gasteiger charge is -2.05. The van der Waals surface area contributed by atoms with E-state index in [1.165, 1.54) is 0 Å². The van der Waals surface area contributed by atoms with Crippen LogP contribution in [0.4, 0.5) is 0 Å². The molecule has 0 aliphatic carbocycles. The van der Waals surface area contributed by atoms with Gasteiger partial charge in [0.2, 0.25) is 4.33 Å². The third kappa shape index (κ3) is 7.44. The maximum atomic E-state index is 5.71. The monoisotopic (exact) mass is 264 g/mol. The van der Waals surface area contributed by atoms with Crippen molar-refractivity contribution >= 4 is 40.6 Å². The van der Waals surface area contributed by atoms with Crippen molar-refractivity contribution in [3.8, 4) is 0 Å². The van der Waals surface area contributed by atoms with Crippen LogP contribution in [0.5, 0.6) is 0 Å². The topological polar surface area (TPSA) is 40.0 Å². The SMILES string of the molecule is CC/C=C(Cl)/[NH+]=C(/N)C(C)(Cl)Cl.[Cl-]. The van der Waals surface area contributed by atoms with Crippen LogP contribution in [-0.2, 0) is 0 Å². The van der Waals surface area contributed by atoms with Crippen LogP contribution in [0.2, 0.25) is 0 Å². The van der Waals surface area contributed by atoms with E-state index in [2.05, 4.69) is 4.99 Å². The molecular weight excluding hydrogens is 254 g/mol. The van der Waals surface area contributed by atoms with Crippen molar-refractivity contribution in [1.82, 2.24) is 0 Å². The smallest absolute Gasteiger partial charge is 0.282 e. The predicted octanol–water partition coefficient (Wildman–Crippen LogP) is -1.89. The largest absolute Gasteiger partial charge is 1.00 e. The summed E-state index contributed by atoms with van der Waals surface area (Å²) < 4.78 is -1.11. The molecular formula is C7H12Cl4N2. The molecule has 0 amide bonds. The lowest BCUT2D eigenvalue weighted by Crippen LogP contribution is -3.00. The first-order valence-electron chi connectivity index (χ1n) is 3.51. The fraction of sp³-hybridized carbons (Fsp3) is 0.571. The van der Waals surface area contributed by atoms with E-state index in [-0.39, 0.29) is 18.2 Å². The first-order valence-corrected chi connectivity index (χ1v) is 4.64. The van der Waals surface area contributed by atoms with Crippen molar-refractivity contribution in [2.75, 3.05) is 0 Å². The van der Waals surface area contributed by atoms with Gasteiger partial charge in [-0.25, -0.2) is 4.99 Å². The highest BCUT2D eigenvalue weighted by Gasteiger charge is 2.27. The minimum absolute atomic E-state index is 0. The summed E-state index contributed by atoms with van der Waals surface area (Å²) in [6, 6.07) is 0. The standard InChI is InChI=1S/C7H11Cl3N2.ClH/c1-3-4-5(8)12-6(11)7(2,9)10;/h4H,3H2,1-2H3,(H2,11,12);1H/b5-4+;. The van der Waals surface area contributed by atoms with Gasteiger partial charge in [-0.05, 0) is 31.0 Å². The fourth-order valence-electron chi connectivity index (χ4n) is 0.469. The number of halogens is 4. The minimum atomic E-state index is -1.11. The average Bonchev–Trinajstić information content (AvgIpc) is 1.85. The van der Waals surface area contributed by atoms with Gasteiger partial charge in [0, 0.05) is 0 Å². The molecule has 78 valence electrons. The first-order chi connectivity index (χ1) is 5.38. The third-order valence-corrected chi connectivity index (χ3v) is 1.77. The summed E-state index contributed by atoms with van der Waals surface area (Å²) in [6.45, 7) is 3.52. The van der Waals surface area contributed by atoms with E-state index in [0.717, 1.165) is 6.42 Å². The number of nitrogens with one attached hydrogen (secondary N) is 1. The lowest BCUT2D eigenvalue weighted by atomic mass is 10.4. The number of alkyl halides is 2. The Kier molecular flexibility index (Phi) is 8.24. The van der Waals surface area contributed by atoms with Crippen molar-refractivity contribution in [3.63, 3.8) is 0 Å².